The summed E-state index contributed by atoms with van der Waals surface area (Å²) in [6.45, 7) is 1.89. The van der Waals surface area contributed by atoms with Gasteiger partial charge in [-0.1, -0.05) is 6.92 Å². The van der Waals surface area contributed by atoms with Crippen LogP contribution in [-0.4, -0.2) is 29.6 Å². The van der Waals surface area contributed by atoms with E-state index in [1.54, 1.807) is 13.1 Å². The summed E-state index contributed by atoms with van der Waals surface area (Å²) in [6.07, 6.45) is 2.60. The zero-order chi connectivity index (χ0) is 8.85. The van der Waals surface area contributed by atoms with Crippen LogP contribution in [0.1, 0.15) is 13.3 Å². The number of nitrogens with two attached hydrogens (primary N) is 1. The minimum Gasteiger partial charge on any atom is -0.480 e. The largest absolute Gasteiger partial charge is 0.480 e. The molecule has 0 aromatic heterocycles. The van der Waals surface area contributed by atoms with Crippen LogP contribution in [0.3, 0.4) is 0 Å². The van der Waals surface area contributed by atoms with Crippen LogP contribution in [0.2, 0.25) is 0 Å². The number of hydrogen-bond acceptors (Lipinski definition) is 3. The van der Waals surface area contributed by atoms with Crippen molar-refractivity contribution in [3.8, 4) is 0 Å². The van der Waals surface area contributed by atoms with Crippen molar-refractivity contribution in [2.24, 2.45) is 5.73 Å². The van der Waals surface area contributed by atoms with Crippen LogP contribution < -0.4 is 5.73 Å². The average Bonchev–Trinajstić information content (AvgIpc) is 1.86. The van der Waals surface area contributed by atoms with E-state index in [9.17, 15) is 4.79 Å². The van der Waals surface area contributed by atoms with Crippen LogP contribution >= 0.6 is 0 Å². The molecule has 0 aliphatic rings. The van der Waals surface area contributed by atoms with Gasteiger partial charge in [0, 0.05) is 7.05 Å². The second-order valence-electron chi connectivity index (χ2n) is 2.29. The molecule has 11 heavy (non-hydrogen) atoms. The molecule has 4 nitrogen and oxygen atoms in total. The van der Waals surface area contributed by atoms with Crippen LogP contribution in [-0.2, 0) is 4.79 Å². The number of rotatable bonds is 4. The van der Waals surface area contributed by atoms with E-state index >= 15 is 0 Å². The summed E-state index contributed by atoms with van der Waals surface area (Å²) in [5.74, 6) is -0.366. The number of allylic oxidation sites excluding steroid dienone is 1. The molecule has 64 valence electrons. The second kappa shape index (κ2) is 4.60. The van der Waals surface area contributed by atoms with Crippen LogP contribution in [0.5, 0.6) is 0 Å². The Morgan fingerprint density at radius 3 is 2.64 bits per heavy atom. The number of carbonyl (C=O) groups is 1. The fourth-order valence-corrected chi connectivity index (χ4v) is 0.659. The van der Waals surface area contributed by atoms with Gasteiger partial charge in [0.15, 0.2) is 0 Å². The van der Waals surface area contributed by atoms with Crippen molar-refractivity contribution < 1.29 is 9.90 Å². The molecule has 0 atom stereocenters. The van der Waals surface area contributed by atoms with Gasteiger partial charge in [0.1, 0.15) is 6.54 Å². The highest BCUT2D eigenvalue weighted by Crippen LogP contribution is 1.93. The van der Waals surface area contributed by atoms with Crippen LogP contribution in [0.15, 0.2) is 11.9 Å². The third-order valence-electron chi connectivity index (χ3n) is 1.23. The van der Waals surface area contributed by atoms with Gasteiger partial charge >= 0.3 is 5.97 Å². The van der Waals surface area contributed by atoms with E-state index in [2.05, 4.69) is 0 Å². The van der Waals surface area contributed by atoms with Gasteiger partial charge in [-0.3, -0.25) is 4.79 Å². The zero-order valence-corrected chi connectivity index (χ0v) is 6.87. The topological polar surface area (TPSA) is 66.6 Å². The maximum atomic E-state index is 10.2. The molecule has 0 aliphatic carbocycles. The second-order valence-corrected chi connectivity index (χ2v) is 2.29. The van der Waals surface area contributed by atoms with Gasteiger partial charge in [-0.25, -0.2) is 0 Å². The van der Waals surface area contributed by atoms with Gasteiger partial charge in [-0.2, -0.15) is 0 Å². The van der Waals surface area contributed by atoms with Crippen molar-refractivity contribution in [1.29, 1.82) is 0 Å². The number of carboxylic acids is 1. The lowest BCUT2D eigenvalue weighted by Crippen LogP contribution is -2.29. The monoisotopic (exact) mass is 158 g/mol. The Morgan fingerprint density at radius 2 is 2.27 bits per heavy atom. The van der Waals surface area contributed by atoms with E-state index in [-0.39, 0.29) is 6.54 Å². The first-order chi connectivity index (χ1) is 5.07. The predicted molar refractivity (Wildman–Crippen MR) is 42.8 cm³/mol. The first-order valence-electron chi connectivity index (χ1n) is 3.46. The average molecular weight is 158 g/mol. The Balaban J connectivity index is 3.92. The molecule has 0 spiro atoms. The standard InChI is InChI=1S/C7H14N2O2/c1-3-4-6(8)9(2)5-7(10)11/h4H,3,5,8H2,1-2H3,(H,10,11)/b6-4-. The van der Waals surface area contributed by atoms with Crippen LogP contribution in [0, 0.1) is 0 Å². The molecule has 3 N–H and O–H groups in total. The van der Waals surface area contributed by atoms with Gasteiger partial charge < -0.3 is 15.7 Å². The summed E-state index contributed by atoms with van der Waals surface area (Å²) >= 11 is 0. The smallest absolute Gasteiger partial charge is 0.323 e. The Morgan fingerprint density at radius 1 is 1.73 bits per heavy atom. The van der Waals surface area contributed by atoms with Gasteiger partial charge in [0.25, 0.3) is 0 Å². The molecule has 0 saturated carbocycles. The molecule has 0 heterocycles. The minimum atomic E-state index is -0.875. The zero-order valence-electron chi connectivity index (χ0n) is 6.87. The molecule has 4 heteroatoms. The lowest BCUT2D eigenvalue weighted by atomic mass is 10.4. The lowest BCUT2D eigenvalue weighted by Gasteiger charge is -2.15. The van der Waals surface area contributed by atoms with Crippen molar-refractivity contribution in [3.05, 3.63) is 11.9 Å². The maximum absolute atomic E-state index is 10.2. The number of hydrogen-bond donors (Lipinski definition) is 2. The van der Waals surface area contributed by atoms with Crippen LogP contribution in [0.25, 0.3) is 0 Å². The summed E-state index contributed by atoms with van der Waals surface area (Å²) in [5.41, 5.74) is 5.50. The van der Waals surface area contributed by atoms with E-state index < -0.39 is 5.97 Å². The van der Waals surface area contributed by atoms with Gasteiger partial charge in [-0.05, 0) is 12.5 Å². The summed E-state index contributed by atoms with van der Waals surface area (Å²) in [5, 5.41) is 8.38. The Kier molecular flexibility index (Phi) is 4.10. The van der Waals surface area contributed by atoms with Gasteiger partial charge in [-0.15, -0.1) is 0 Å². The SMILES string of the molecule is CC/C=C(/N)N(C)CC(=O)O. The Labute approximate surface area is 66.3 Å². The quantitative estimate of drug-likeness (QED) is 0.614. The summed E-state index contributed by atoms with van der Waals surface area (Å²) in [7, 11) is 1.65. The van der Waals surface area contributed by atoms with Crippen molar-refractivity contribution in [1.82, 2.24) is 4.90 Å². The summed E-state index contributed by atoms with van der Waals surface area (Å²) in [4.78, 5) is 11.7. The number of likely N-dealkylation sites (N-methyl/N-ethyl adjacent to an activating group) is 1. The third kappa shape index (κ3) is 4.25. The predicted octanol–water partition coefficient (Wildman–Crippen LogP) is 0.213. The summed E-state index contributed by atoms with van der Waals surface area (Å²) in [6, 6.07) is 0. The van der Waals surface area contributed by atoms with Crippen molar-refractivity contribution >= 4 is 5.97 Å². The fourth-order valence-electron chi connectivity index (χ4n) is 0.659. The molecule has 0 bridgehead atoms. The maximum Gasteiger partial charge on any atom is 0.323 e. The van der Waals surface area contributed by atoms with Gasteiger partial charge in [0.2, 0.25) is 0 Å². The molecular formula is C7H14N2O2. The van der Waals surface area contributed by atoms with E-state index in [1.165, 1.54) is 4.90 Å². The molecule has 0 fully saturated rings. The molecule has 0 rings (SSSR count). The number of aliphatic carboxylic acids is 1. The van der Waals surface area contributed by atoms with Crippen molar-refractivity contribution in [2.45, 2.75) is 13.3 Å². The highest BCUT2D eigenvalue weighted by Gasteiger charge is 2.03. The lowest BCUT2D eigenvalue weighted by molar-refractivity contribution is -0.137. The van der Waals surface area contributed by atoms with Crippen molar-refractivity contribution in [3.63, 3.8) is 0 Å². The van der Waals surface area contributed by atoms with Gasteiger partial charge in [0.05, 0.1) is 5.82 Å². The van der Waals surface area contributed by atoms with Crippen molar-refractivity contribution in [2.75, 3.05) is 13.6 Å². The molecule has 0 radical (unpaired) electrons. The van der Waals surface area contributed by atoms with E-state index in [0.29, 0.717) is 5.82 Å². The molecule has 0 aromatic carbocycles. The third-order valence-corrected chi connectivity index (χ3v) is 1.23. The minimum absolute atomic E-state index is 0.0532. The summed E-state index contributed by atoms with van der Waals surface area (Å²) < 4.78 is 0. The molecule has 0 aromatic rings. The molecule has 0 amide bonds. The fraction of sp³-hybridized carbons (Fsp3) is 0.571. The Hall–Kier alpha value is -1.19. The van der Waals surface area contributed by atoms with E-state index in [1.807, 2.05) is 6.92 Å². The number of carboxylic acid groups (broad SMARTS) is 1. The normalized spacial score (nSPS) is 11.3. The molecular weight excluding hydrogens is 144 g/mol. The number of nitrogens with zero attached hydrogens (tertiary/aromatic N) is 1. The van der Waals surface area contributed by atoms with E-state index in [4.69, 9.17) is 10.8 Å². The highest BCUT2D eigenvalue weighted by atomic mass is 16.4. The highest BCUT2D eigenvalue weighted by molar-refractivity contribution is 5.69. The molecule has 0 aliphatic heterocycles. The Bertz CT molecular complexity index is 166. The molecule has 0 saturated heterocycles. The first kappa shape index (κ1) is 9.81. The molecule has 0 unspecified atom stereocenters. The van der Waals surface area contributed by atoms with Crippen LogP contribution in [0.4, 0.5) is 0 Å². The first-order valence-corrected chi connectivity index (χ1v) is 3.46. The van der Waals surface area contributed by atoms with E-state index in [0.717, 1.165) is 6.42 Å².